The summed E-state index contributed by atoms with van der Waals surface area (Å²) in [4.78, 5) is 22.9. The Hall–Kier alpha value is -4.06. The van der Waals surface area contributed by atoms with Crippen molar-refractivity contribution >= 4 is 11.6 Å². The predicted molar refractivity (Wildman–Crippen MR) is 201 cm³/mol. The van der Waals surface area contributed by atoms with E-state index in [0.29, 0.717) is 55.0 Å². The van der Waals surface area contributed by atoms with Crippen LogP contribution in [0.15, 0.2) is 65.9 Å². The van der Waals surface area contributed by atoms with E-state index in [1.165, 1.54) is 0 Å². The maximum absolute atomic E-state index is 14.9. The van der Waals surface area contributed by atoms with Crippen molar-refractivity contribution in [2.45, 2.75) is 102 Å². The number of fused-ring (bicyclic) bond motifs is 3. The van der Waals surface area contributed by atoms with Crippen molar-refractivity contribution in [1.29, 1.82) is 0 Å². The summed E-state index contributed by atoms with van der Waals surface area (Å²) in [5.74, 6) is -0.218. The number of unbranched alkanes of at least 4 members (excludes halogenated alkanes) is 2. The molecule has 6 rings (SSSR count). The van der Waals surface area contributed by atoms with Gasteiger partial charge in [0.05, 0.1) is 18.2 Å². The number of ether oxygens (including phenoxy) is 4. The van der Waals surface area contributed by atoms with E-state index in [4.69, 9.17) is 28.9 Å². The van der Waals surface area contributed by atoms with E-state index in [1.54, 1.807) is 42.5 Å². The quantitative estimate of drug-likeness (QED) is 0.0937. The van der Waals surface area contributed by atoms with Gasteiger partial charge in [0, 0.05) is 43.2 Å². The summed E-state index contributed by atoms with van der Waals surface area (Å²) in [6.07, 6.45) is 9.64. The molecule has 4 aliphatic rings. The highest BCUT2D eigenvalue weighted by Gasteiger charge is 2.65. The van der Waals surface area contributed by atoms with Crippen LogP contribution >= 0.6 is 0 Å². The third-order valence-electron chi connectivity index (χ3n) is 10.8. The van der Waals surface area contributed by atoms with Crippen molar-refractivity contribution in [3.63, 3.8) is 0 Å². The summed E-state index contributed by atoms with van der Waals surface area (Å²) in [5, 5.41) is 35.4. The molecule has 11 heteroatoms. The van der Waals surface area contributed by atoms with Crippen molar-refractivity contribution in [2.75, 3.05) is 33.2 Å². The van der Waals surface area contributed by atoms with E-state index in [1.807, 2.05) is 32.6 Å². The number of carbonyl (C=O) groups excluding carboxylic acids is 1. The number of aliphatic hydroxyl groups excluding tert-OH is 2. The average Bonchev–Trinajstić information content (AvgIpc) is 3.61. The zero-order chi connectivity index (χ0) is 37.8. The Bertz CT molecular complexity index is 1680. The number of phenolic OH excluding ortho intramolecular Hbond substituents is 1. The molecule has 0 unspecified atom stereocenters. The molecule has 11 nitrogen and oxygen atoms in total. The molecule has 2 aromatic rings. The normalized spacial score (nSPS) is 26.3. The van der Waals surface area contributed by atoms with Crippen LogP contribution in [0, 0.1) is 17.8 Å². The lowest BCUT2D eigenvalue weighted by Crippen LogP contribution is -2.70. The first-order chi connectivity index (χ1) is 25.5. The minimum atomic E-state index is -1.37. The molecule has 0 bridgehead atoms. The molecule has 3 N–H and O–H groups in total. The third-order valence-corrected chi connectivity index (χ3v) is 10.8. The number of carbonyl (C=O) groups is 1. The fourth-order valence-electron chi connectivity index (χ4n) is 8.68. The highest BCUT2D eigenvalue weighted by molar-refractivity contribution is 6.03. The Morgan fingerprint density at radius 2 is 1.77 bits per heavy atom. The van der Waals surface area contributed by atoms with Gasteiger partial charge in [-0.1, -0.05) is 37.1 Å². The topological polar surface area (TPSA) is 140 Å². The molecule has 0 saturated heterocycles. The van der Waals surface area contributed by atoms with E-state index >= 15 is 0 Å². The second kappa shape index (κ2) is 16.5. The fourth-order valence-corrected chi connectivity index (χ4v) is 8.68. The van der Waals surface area contributed by atoms with Gasteiger partial charge < -0.3 is 44.0 Å². The van der Waals surface area contributed by atoms with Crippen LogP contribution in [0.2, 0.25) is 0 Å². The second-order valence-electron chi connectivity index (χ2n) is 15.6. The minimum Gasteiger partial charge on any atom is -0.508 e. The molecule has 1 saturated carbocycles. The zero-order valence-electron chi connectivity index (χ0n) is 31.6. The number of amides is 1. The summed E-state index contributed by atoms with van der Waals surface area (Å²) in [6.45, 7) is 12.8. The second-order valence-corrected chi connectivity index (χ2v) is 15.6. The number of nitrogens with zero attached hydrogens (tertiary/aromatic N) is 2. The molecule has 2 aliphatic heterocycles. The molecule has 0 radical (unpaired) electrons. The van der Waals surface area contributed by atoms with Crippen LogP contribution in [-0.4, -0.2) is 82.4 Å². The first-order valence-corrected chi connectivity index (χ1v) is 19.2. The molecular formula is C42H56N2O9. The van der Waals surface area contributed by atoms with Crippen LogP contribution in [0.3, 0.4) is 0 Å². The van der Waals surface area contributed by atoms with Crippen molar-refractivity contribution < 1.29 is 43.9 Å². The number of rotatable bonds is 16. The van der Waals surface area contributed by atoms with Gasteiger partial charge in [0.15, 0.2) is 11.5 Å². The summed E-state index contributed by atoms with van der Waals surface area (Å²) >= 11 is 0. The molecule has 2 aliphatic carbocycles. The Morgan fingerprint density at radius 3 is 2.49 bits per heavy atom. The molecule has 288 valence electrons. The van der Waals surface area contributed by atoms with Gasteiger partial charge in [0.2, 0.25) is 12.6 Å². The van der Waals surface area contributed by atoms with Crippen molar-refractivity contribution in [3.05, 3.63) is 71.8 Å². The number of allylic oxidation sites excluding steroid dienone is 1. The monoisotopic (exact) mass is 732 g/mol. The summed E-state index contributed by atoms with van der Waals surface area (Å²) in [6, 6.07) is 9.84. The molecule has 1 fully saturated rings. The van der Waals surface area contributed by atoms with Crippen molar-refractivity contribution in [3.8, 4) is 23.0 Å². The van der Waals surface area contributed by atoms with Crippen molar-refractivity contribution in [2.24, 2.45) is 22.9 Å². The zero-order valence-corrected chi connectivity index (χ0v) is 31.6. The van der Waals surface area contributed by atoms with E-state index in [9.17, 15) is 20.1 Å². The minimum absolute atomic E-state index is 0.0675. The number of aliphatic hydroxyl groups is 2. The van der Waals surface area contributed by atoms with Crippen LogP contribution < -0.4 is 14.2 Å². The lowest BCUT2D eigenvalue weighted by molar-refractivity contribution is -0.254. The van der Waals surface area contributed by atoms with Gasteiger partial charge in [-0.15, -0.1) is 6.58 Å². The van der Waals surface area contributed by atoms with Crippen molar-refractivity contribution in [1.82, 2.24) is 4.90 Å². The van der Waals surface area contributed by atoms with Gasteiger partial charge >= 0.3 is 0 Å². The lowest BCUT2D eigenvalue weighted by atomic mass is 9.55. The van der Waals surface area contributed by atoms with Gasteiger partial charge in [0.25, 0.3) is 5.91 Å². The predicted octanol–water partition coefficient (Wildman–Crippen LogP) is 7.11. The van der Waals surface area contributed by atoms with Crippen LogP contribution in [0.25, 0.3) is 0 Å². The number of phenols is 1. The molecule has 1 amide bonds. The summed E-state index contributed by atoms with van der Waals surface area (Å²) < 4.78 is 25.4. The van der Waals surface area contributed by atoms with E-state index in [-0.39, 0.29) is 56.0 Å². The summed E-state index contributed by atoms with van der Waals surface area (Å²) in [5.41, 5.74) is 2.43. The van der Waals surface area contributed by atoms with E-state index in [2.05, 4.69) is 12.7 Å². The molecule has 0 spiro atoms. The van der Waals surface area contributed by atoms with Gasteiger partial charge in [-0.25, -0.2) is 0 Å². The average molecular weight is 733 g/mol. The van der Waals surface area contributed by atoms with Gasteiger partial charge in [-0.05, 0) is 107 Å². The maximum atomic E-state index is 14.9. The highest BCUT2D eigenvalue weighted by Crippen LogP contribution is 2.62. The van der Waals surface area contributed by atoms with Crippen LogP contribution in [0.4, 0.5) is 0 Å². The molecular weight excluding hydrogens is 676 g/mol. The number of benzene rings is 2. The largest absolute Gasteiger partial charge is 0.508 e. The summed E-state index contributed by atoms with van der Waals surface area (Å²) in [7, 11) is 0. The van der Waals surface area contributed by atoms with Gasteiger partial charge in [-0.3, -0.25) is 4.79 Å². The Kier molecular flexibility index (Phi) is 12.1. The molecule has 2 aromatic carbocycles. The van der Waals surface area contributed by atoms with Gasteiger partial charge in [-0.2, -0.15) is 0 Å². The first kappa shape index (κ1) is 38.7. The lowest BCUT2D eigenvalue weighted by Gasteiger charge is -2.60. The van der Waals surface area contributed by atoms with Crippen LogP contribution in [0.5, 0.6) is 23.0 Å². The van der Waals surface area contributed by atoms with Gasteiger partial charge in [0.1, 0.15) is 23.1 Å². The van der Waals surface area contributed by atoms with Crippen LogP contribution in [0.1, 0.15) is 101 Å². The Labute approximate surface area is 313 Å². The standard InChI is InChI=1S/C42H56N2O9/c1-6-18-44(40(48)28-14-16-35-36(23-28)50-26-49-35)37-25-33(43-53-41(3,4)5)31-22-27(12-8-10-19-45)30(13-9-11-20-46)38-32-24-29(47)15-17-34(32)52-42(37,39(31)38)51-21-7-2/h7,14-17,22-24,27,30,37-39,45-47H,2,6,8-13,18-21,25-26H2,1,3-5H3/t27-,30+,37-,38+,39+,42+/m0/s1. The highest BCUT2D eigenvalue weighted by atomic mass is 16.7. The van der Waals surface area contributed by atoms with E-state index in [0.717, 1.165) is 42.5 Å². The van der Waals surface area contributed by atoms with E-state index < -0.39 is 23.3 Å². The van der Waals surface area contributed by atoms with Crippen LogP contribution in [-0.2, 0) is 9.57 Å². The molecule has 0 aromatic heterocycles. The number of hydrogen-bond acceptors (Lipinski definition) is 10. The molecule has 6 atom stereocenters. The molecule has 2 heterocycles. The SMILES string of the molecule is C=CCO[C@@]12Oc3ccc(O)cc3[C@H]3[C@H](CCCCO)[C@@H](CCCCO)C=C(C(=NOC(C)(C)C)C[C@@H]1N(CCC)C(=O)c1ccc4c(c1)OCO4)[C@H]32. The number of aromatic hydroxyl groups is 1. The third kappa shape index (κ3) is 7.93. The fraction of sp³-hybridized carbons (Fsp3) is 0.571. The Balaban J connectivity index is 1.59. The smallest absolute Gasteiger partial charge is 0.254 e. The maximum Gasteiger partial charge on any atom is 0.254 e. The first-order valence-electron chi connectivity index (χ1n) is 19.2. The number of hydrogen-bond donors (Lipinski definition) is 3. The number of oxime groups is 1. The molecule has 53 heavy (non-hydrogen) atoms. The Morgan fingerprint density at radius 1 is 1.04 bits per heavy atom.